The summed E-state index contributed by atoms with van der Waals surface area (Å²) in [5, 5.41) is 0. The van der Waals surface area contributed by atoms with E-state index >= 15 is 0 Å². The van der Waals surface area contributed by atoms with Crippen LogP contribution in [0.5, 0.6) is 0 Å². The SMILES string of the molecule is CC1=[C-]C(C)C(C)=C1C.Cl.[CH3-].[Mg+2]. The van der Waals surface area contributed by atoms with Gasteiger partial charge in [0.05, 0.1) is 0 Å². The molecule has 0 saturated heterocycles. The molecule has 0 aromatic rings. The predicted molar refractivity (Wildman–Crippen MR) is 59.4 cm³/mol. The molecule has 0 heterocycles. The van der Waals surface area contributed by atoms with E-state index < -0.39 is 0 Å². The molecule has 0 bridgehead atoms. The number of allylic oxidation sites excluding steroid dienone is 4. The van der Waals surface area contributed by atoms with E-state index in [4.69, 9.17) is 0 Å². The van der Waals surface area contributed by atoms with Crippen molar-refractivity contribution >= 4 is 35.5 Å². The number of rotatable bonds is 0. The summed E-state index contributed by atoms with van der Waals surface area (Å²) in [6.45, 7) is 8.67. The molecule has 0 aromatic heterocycles. The molecule has 0 fully saturated rings. The zero-order valence-corrected chi connectivity index (χ0v) is 10.9. The van der Waals surface area contributed by atoms with Crippen LogP contribution in [0.4, 0.5) is 0 Å². The quantitative estimate of drug-likeness (QED) is 0.413. The Morgan fingerprint density at radius 3 is 1.67 bits per heavy atom. The Morgan fingerprint density at radius 1 is 1.17 bits per heavy atom. The van der Waals surface area contributed by atoms with Crippen LogP contribution in [-0.4, -0.2) is 23.1 Å². The molecule has 1 aliphatic rings. The van der Waals surface area contributed by atoms with Gasteiger partial charge >= 0.3 is 23.1 Å². The van der Waals surface area contributed by atoms with Crippen molar-refractivity contribution in [2.45, 2.75) is 27.7 Å². The molecular weight excluding hydrogens is 180 g/mol. The zero-order chi connectivity index (χ0) is 7.02. The number of hydrogen-bond acceptors (Lipinski definition) is 0. The molecule has 1 atom stereocenters. The van der Waals surface area contributed by atoms with Crippen molar-refractivity contribution in [1.82, 2.24) is 0 Å². The maximum atomic E-state index is 3.36. The fourth-order valence-electron chi connectivity index (χ4n) is 1.16. The number of halogens is 1. The van der Waals surface area contributed by atoms with Crippen LogP contribution in [0.25, 0.3) is 0 Å². The molecule has 12 heavy (non-hydrogen) atoms. The molecule has 1 rings (SSSR count). The molecule has 1 aliphatic carbocycles. The molecule has 0 saturated carbocycles. The Kier molecular flexibility index (Phi) is 10.7. The van der Waals surface area contributed by atoms with E-state index in [0.717, 1.165) is 0 Å². The van der Waals surface area contributed by atoms with E-state index in [-0.39, 0.29) is 42.9 Å². The van der Waals surface area contributed by atoms with Gasteiger partial charge in [0.2, 0.25) is 0 Å². The van der Waals surface area contributed by atoms with Gasteiger partial charge in [-0.2, -0.15) is 11.1 Å². The molecule has 1 unspecified atom stereocenters. The summed E-state index contributed by atoms with van der Waals surface area (Å²) in [5.74, 6) is 0.560. The first kappa shape index (κ1) is 18.3. The van der Waals surface area contributed by atoms with Gasteiger partial charge < -0.3 is 7.43 Å². The first-order chi connectivity index (χ1) is 4.13. The van der Waals surface area contributed by atoms with E-state index in [1.807, 2.05) is 0 Å². The molecule has 0 aliphatic heterocycles. The van der Waals surface area contributed by atoms with E-state index in [2.05, 4.69) is 33.8 Å². The molecule has 0 aromatic carbocycles. The number of hydrogen-bond donors (Lipinski definition) is 0. The minimum atomic E-state index is 0. The second-order valence-corrected chi connectivity index (χ2v) is 2.80. The molecule has 0 amide bonds. The van der Waals surface area contributed by atoms with Gasteiger partial charge in [0, 0.05) is 0 Å². The fraction of sp³-hybridized carbons (Fsp3) is 0.500. The Morgan fingerprint density at radius 2 is 1.58 bits per heavy atom. The summed E-state index contributed by atoms with van der Waals surface area (Å²) in [4.78, 5) is 0. The Labute approximate surface area is 99.1 Å². The van der Waals surface area contributed by atoms with Gasteiger partial charge in [0.1, 0.15) is 0 Å². The maximum Gasteiger partial charge on any atom is 2.00 e. The molecule has 0 N–H and O–H groups in total. The van der Waals surface area contributed by atoms with Crippen LogP contribution in [0.1, 0.15) is 27.7 Å². The van der Waals surface area contributed by atoms with Crippen LogP contribution in [-0.2, 0) is 0 Å². The third-order valence-corrected chi connectivity index (χ3v) is 2.24. The summed E-state index contributed by atoms with van der Waals surface area (Å²) in [6.07, 6.45) is 3.36. The van der Waals surface area contributed by atoms with Gasteiger partial charge in [-0.3, -0.25) is 6.08 Å². The second kappa shape index (κ2) is 6.99. The summed E-state index contributed by atoms with van der Waals surface area (Å²) in [6, 6.07) is 0. The molecule has 0 spiro atoms. The summed E-state index contributed by atoms with van der Waals surface area (Å²) < 4.78 is 0. The van der Waals surface area contributed by atoms with Crippen molar-refractivity contribution in [1.29, 1.82) is 0 Å². The van der Waals surface area contributed by atoms with E-state index in [1.165, 1.54) is 16.7 Å². The van der Waals surface area contributed by atoms with Crippen LogP contribution in [0, 0.1) is 19.4 Å². The summed E-state index contributed by atoms with van der Waals surface area (Å²) in [7, 11) is 0. The standard InChI is InChI=1S/C9H13.CH3.ClH.Mg/c1-6-5-7(2)9(4)8(6)3;;;/h6H,1-4H3;1H3;1H;/q2*-1;;+2. The Balaban J connectivity index is -0.000000270. The largest absolute Gasteiger partial charge is 2.00 e. The normalized spacial score (nSPS) is 20.3. The maximum absolute atomic E-state index is 3.36. The van der Waals surface area contributed by atoms with Crippen LogP contribution >= 0.6 is 12.4 Å². The smallest absolute Gasteiger partial charge is 0.358 e. The Hall–Kier alpha value is 0.536. The van der Waals surface area contributed by atoms with E-state index in [1.54, 1.807) is 0 Å². The van der Waals surface area contributed by atoms with Crippen molar-refractivity contribution < 1.29 is 0 Å². The van der Waals surface area contributed by atoms with Gasteiger partial charge in [0.15, 0.2) is 0 Å². The average molecular weight is 197 g/mol. The molecular formula is C10H17ClMg. The average Bonchev–Trinajstić information content (AvgIpc) is 1.98. The fourth-order valence-corrected chi connectivity index (χ4v) is 1.16. The summed E-state index contributed by atoms with van der Waals surface area (Å²) >= 11 is 0. The van der Waals surface area contributed by atoms with Gasteiger partial charge in [-0.1, -0.05) is 26.7 Å². The van der Waals surface area contributed by atoms with Gasteiger partial charge in [-0.05, 0) is 0 Å². The minimum absolute atomic E-state index is 0. The van der Waals surface area contributed by atoms with Crippen LogP contribution in [0.2, 0.25) is 0 Å². The zero-order valence-electron chi connectivity index (χ0n) is 8.69. The monoisotopic (exact) mass is 196 g/mol. The third-order valence-electron chi connectivity index (χ3n) is 2.24. The summed E-state index contributed by atoms with van der Waals surface area (Å²) in [5.41, 5.74) is 4.25. The predicted octanol–water partition coefficient (Wildman–Crippen LogP) is 3.21. The minimum Gasteiger partial charge on any atom is -0.358 e. The van der Waals surface area contributed by atoms with Crippen LogP contribution < -0.4 is 0 Å². The Bertz CT molecular complexity index is 192. The second-order valence-electron chi connectivity index (χ2n) is 2.80. The topological polar surface area (TPSA) is 0 Å². The molecule has 66 valence electrons. The first-order valence-electron chi connectivity index (χ1n) is 3.40. The molecule has 0 nitrogen and oxygen atoms in total. The van der Waals surface area contributed by atoms with Crippen molar-refractivity contribution in [2.75, 3.05) is 0 Å². The van der Waals surface area contributed by atoms with Crippen molar-refractivity contribution in [3.8, 4) is 0 Å². The van der Waals surface area contributed by atoms with Crippen molar-refractivity contribution in [2.24, 2.45) is 5.92 Å². The molecule has 0 radical (unpaired) electrons. The third kappa shape index (κ3) is 3.50. The van der Waals surface area contributed by atoms with E-state index in [9.17, 15) is 0 Å². The molecule has 2 heteroatoms. The van der Waals surface area contributed by atoms with Gasteiger partial charge in [0.25, 0.3) is 0 Å². The van der Waals surface area contributed by atoms with Gasteiger partial charge in [-0.15, -0.1) is 19.3 Å². The van der Waals surface area contributed by atoms with E-state index in [0.29, 0.717) is 5.92 Å². The first-order valence-corrected chi connectivity index (χ1v) is 3.40. The van der Waals surface area contributed by atoms with Crippen molar-refractivity contribution in [3.63, 3.8) is 0 Å². The van der Waals surface area contributed by atoms with Gasteiger partial charge in [-0.25, -0.2) is 5.57 Å². The van der Waals surface area contributed by atoms with Crippen LogP contribution in [0.3, 0.4) is 0 Å². The van der Waals surface area contributed by atoms with Crippen LogP contribution in [0.15, 0.2) is 16.7 Å². The van der Waals surface area contributed by atoms with Crippen molar-refractivity contribution in [3.05, 3.63) is 30.2 Å².